The highest BCUT2D eigenvalue weighted by molar-refractivity contribution is 5.96. The Morgan fingerprint density at radius 3 is 2.78 bits per heavy atom. The van der Waals surface area contributed by atoms with Crippen LogP contribution in [0, 0.1) is 0 Å². The summed E-state index contributed by atoms with van der Waals surface area (Å²) in [5, 5.41) is 26.7. The molecule has 2 aromatic rings. The molecule has 0 saturated heterocycles. The molecular formula is C23H27N3O6. The van der Waals surface area contributed by atoms with E-state index in [9.17, 15) is 19.8 Å². The first-order chi connectivity index (χ1) is 15.2. The van der Waals surface area contributed by atoms with Crippen molar-refractivity contribution < 1.29 is 29.3 Å². The van der Waals surface area contributed by atoms with Gasteiger partial charge in [-0.3, -0.25) is 9.69 Å². The molecule has 2 aromatic carbocycles. The third kappa shape index (κ3) is 4.63. The molecule has 170 valence electrons. The van der Waals surface area contributed by atoms with E-state index in [0.29, 0.717) is 30.0 Å². The van der Waals surface area contributed by atoms with Crippen molar-refractivity contribution in [3.05, 3.63) is 47.5 Å². The van der Waals surface area contributed by atoms with Gasteiger partial charge in [-0.15, -0.1) is 0 Å². The van der Waals surface area contributed by atoms with E-state index >= 15 is 0 Å². The number of nitrogens with zero attached hydrogens (tertiary/aromatic N) is 1. The molecule has 2 amide bonds. The molecule has 0 saturated carbocycles. The lowest BCUT2D eigenvalue weighted by molar-refractivity contribution is -0.118. The van der Waals surface area contributed by atoms with E-state index in [1.54, 1.807) is 4.90 Å². The quantitative estimate of drug-likeness (QED) is 0.521. The first-order valence-corrected chi connectivity index (χ1v) is 10.5. The van der Waals surface area contributed by atoms with Gasteiger partial charge in [-0.2, -0.15) is 0 Å². The minimum absolute atomic E-state index is 0.0786. The molecule has 4 N–H and O–H groups in total. The molecule has 0 bridgehead atoms. The summed E-state index contributed by atoms with van der Waals surface area (Å²) in [7, 11) is 0. The average molecular weight is 441 g/mol. The number of hydrogen-bond acceptors (Lipinski definition) is 7. The van der Waals surface area contributed by atoms with Gasteiger partial charge in [0.05, 0.1) is 17.5 Å². The van der Waals surface area contributed by atoms with Gasteiger partial charge in [-0.25, -0.2) is 4.79 Å². The monoisotopic (exact) mass is 441 g/mol. The summed E-state index contributed by atoms with van der Waals surface area (Å²) in [4.78, 5) is 25.5. The van der Waals surface area contributed by atoms with Crippen LogP contribution in [0.4, 0.5) is 16.2 Å². The number of amides is 2. The van der Waals surface area contributed by atoms with Crippen LogP contribution in [0.15, 0.2) is 36.4 Å². The van der Waals surface area contributed by atoms with E-state index < -0.39 is 11.6 Å². The summed E-state index contributed by atoms with van der Waals surface area (Å²) in [6.07, 6.45) is -0.746. The predicted molar refractivity (Wildman–Crippen MR) is 118 cm³/mol. The van der Waals surface area contributed by atoms with Crippen LogP contribution in [-0.2, 0) is 16.1 Å². The van der Waals surface area contributed by atoms with Crippen LogP contribution in [-0.4, -0.2) is 47.4 Å². The van der Waals surface area contributed by atoms with Crippen LogP contribution < -0.4 is 20.3 Å². The van der Waals surface area contributed by atoms with Crippen molar-refractivity contribution in [2.75, 3.05) is 29.9 Å². The number of aromatic hydroxyl groups is 1. The van der Waals surface area contributed by atoms with Crippen molar-refractivity contribution in [1.82, 2.24) is 5.32 Å². The molecule has 2 aliphatic heterocycles. The number of ether oxygens (including phenoxy) is 2. The van der Waals surface area contributed by atoms with E-state index in [4.69, 9.17) is 9.47 Å². The van der Waals surface area contributed by atoms with Crippen molar-refractivity contribution in [3.8, 4) is 11.5 Å². The van der Waals surface area contributed by atoms with Crippen LogP contribution in [0.25, 0.3) is 0 Å². The SMILES string of the molecule is CC(C)(CCN1C(=O)OCc2ccccc21)NCC(O)c1cc(O)cc2c1OCC(=O)N2. The molecule has 0 fully saturated rings. The van der Waals surface area contributed by atoms with Crippen LogP contribution in [0.2, 0.25) is 0 Å². The zero-order valence-electron chi connectivity index (χ0n) is 18.1. The molecule has 9 heteroatoms. The van der Waals surface area contributed by atoms with Gasteiger partial charge >= 0.3 is 6.09 Å². The number of cyclic esters (lactones) is 1. The Hall–Kier alpha value is -3.30. The summed E-state index contributed by atoms with van der Waals surface area (Å²) in [5.74, 6) is -0.0482. The number of nitrogens with one attached hydrogen (secondary N) is 2. The maximum atomic E-state index is 12.3. The summed E-state index contributed by atoms with van der Waals surface area (Å²) in [5.41, 5.74) is 2.12. The summed E-state index contributed by atoms with van der Waals surface area (Å²) in [6, 6.07) is 10.5. The molecule has 4 rings (SSSR count). The minimum Gasteiger partial charge on any atom is -0.508 e. The number of rotatable bonds is 7. The number of para-hydroxylation sites is 1. The van der Waals surface area contributed by atoms with E-state index in [2.05, 4.69) is 10.6 Å². The molecule has 0 spiro atoms. The zero-order valence-corrected chi connectivity index (χ0v) is 18.1. The Bertz CT molecular complexity index is 1040. The fourth-order valence-electron chi connectivity index (χ4n) is 3.85. The Morgan fingerprint density at radius 1 is 1.19 bits per heavy atom. The normalized spacial score (nSPS) is 16.4. The molecule has 9 nitrogen and oxygen atoms in total. The van der Waals surface area contributed by atoms with Gasteiger partial charge in [0.25, 0.3) is 5.91 Å². The smallest absolute Gasteiger partial charge is 0.414 e. The number of carbonyl (C=O) groups excluding carboxylic acids is 2. The second-order valence-electron chi connectivity index (χ2n) is 8.61. The third-order valence-corrected chi connectivity index (χ3v) is 5.67. The Morgan fingerprint density at radius 2 is 1.97 bits per heavy atom. The number of phenolic OH excluding ortho intramolecular Hbond substituents is 1. The second-order valence-corrected chi connectivity index (χ2v) is 8.61. The van der Waals surface area contributed by atoms with Gasteiger partial charge in [0, 0.05) is 35.8 Å². The number of β-amino-alcohol motifs (C(OH)–C–C–N with tert-alkyl or cyclic N) is 1. The highest BCUT2D eigenvalue weighted by atomic mass is 16.6. The van der Waals surface area contributed by atoms with Gasteiger partial charge in [0.15, 0.2) is 6.61 Å². The molecule has 0 aromatic heterocycles. The van der Waals surface area contributed by atoms with E-state index in [-0.39, 0.29) is 37.5 Å². The van der Waals surface area contributed by atoms with Crippen molar-refractivity contribution >= 4 is 23.4 Å². The number of fused-ring (bicyclic) bond motifs is 2. The summed E-state index contributed by atoms with van der Waals surface area (Å²) in [6.45, 7) is 4.72. The van der Waals surface area contributed by atoms with Gasteiger partial charge < -0.3 is 30.3 Å². The van der Waals surface area contributed by atoms with Gasteiger partial charge in [-0.1, -0.05) is 18.2 Å². The van der Waals surface area contributed by atoms with E-state index in [1.807, 2.05) is 38.1 Å². The fourth-order valence-corrected chi connectivity index (χ4v) is 3.85. The van der Waals surface area contributed by atoms with Crippen LogP contribution in [0.1, 0.15) is 37.5 Å². The average Bonchev–Trinajstić information content (AvgIpc) is 2.76. The number of hydrogen-bond donors (Lipinski definition) is 4. The van der Waals surface area contributed by atoms with Gasteiger partial charge in [-0.05, 0) is 32.4 Å². The first kappa shape index (κ1) is 21.9. The molecular weight excluding hydrogens is 414 g/mol. The molecule has 2 aliphatic rings. The first-order valence-electron chi connectivity index (χ1n) is 10.5. The topological polar surface area (TPSA) is 120 Å². The Labute approximate surface area is 185 Å². The molecule has 32 heavy (non-hydrogen) atoms. The number of aliphatic hydroxyl groups is 1. The lowest BCUT2D eigenvalue weighted by Gasteiger charge is -2.33. The van der Waals surface area contributed by atoms with Crippen LogP contribution in [0.3, 0.4) is 0 Å². The number of phenols is 1. The van der Waals surface area contributed by atoms with Crippen molar-refractivity contribution in [2.24, 2.45) is 0 Å². The van der Waals surface area contributed by atoms with E-state index in [0.717, 1.165) is 11.3 Å². The Kier molecular flexibility index (Phi) is 5.94. The Balaban J connectivity index is 1.40. The van der Waals surface area contributed by atoms with E-state index in [1.165, 1.54) is 12.1 Å². The third-order valence-electron chi connectivity index (χ3n) is 5.67. The maximum absolute atomic E-state index is 12.3. The lowest BCUT2D eigenvalue weighted by Crippen LogP contribution is -2.46. The van der Waals surface area contributed by atoms with Crippen molar-refractivity contribution in [3.63, 3.8) is 0 Å². The fraction of sp³-hybridized carbons (Fsp3) is 0.391. The highest BCUT2D eigenvalue weighted by Gasteiger charge is 2.29. The highest BCUT2D eigenvalue weighted by Crippen LogP contribution is 2.38. The second kappa shape index (κ2) is 8.68. The lowest BCUT2D eigenvalue weighted by atomic mass is 9.98. The van der Waals surface area contributed by atoms with Gasteiger partial charge in [0.2, 0.25) is 0 Å². The maximum Gasteiger partial charge on any atom is 0.414 e. The molecule has 0 radical (unpaired) electrons. The zero-order chi connectivity index (χ0) is 22.9. The van der Waals surface area contributed by atoms with Crippen molar-refractivity contribution in [2.45, 2.75) is 38.5 Å². The molecule has 1 unspecified atom stereocenters. The summed E-state index contributed by atoms with van der Waals surface area (Å²) >= 11 is 0. The number of benzene rings is 2. The molecule has 0 aliphatic carbocycles. The minimum atomic E-state index is -0.981. The van der Waals surface area contributed by atoms with Crippen LogP contribution in [0.5, 0.6) is 11.5 Å². The largest absolute Gasteiger partial charge is 0.508 e. The van der Waals surface area contributed by atoms with Gasteiger partial charge in [0.1, 0.15) is 18.1 Å². The van der Waals surface area contributed by atoms with Crippen LogP contribution >= 0.6 is 0 Å². The predicted octanol–water partition coefficient (Wildman–Crippen LogP) is 2.67. The summed E-state index contributed by atoms with van der Waals surface area (Å²) < 4.78 is 10.7. The number of carbonyl (C=O) groups is 2. The molecule has 1 atom stereocenters. The standard InChI is InChI=1S/C23H27N3O6/c1-23(2,7-8-26-18-6-4-3-5-14(18)12-32-22(26)30)24-11-19(28)16-9-15(27)10-17-21(16)31-13-20(29)25-17/h3-6,9-10,19,24,27-28H,7-8,11-13H2,1-2H3,(H,25,29). The number of anilines is 2. The molecule has 2 heterocycles. The number of aliphatic hydroxyl groups excluding tert-OH is 1. The van der Waals surface area contributed by atoms with Crippen molar-refractivity contribution in [1.29, 1.82) is 0 Å².